The summed E-state index contributed by atoms with van der Waals surface area (Å²) < 4.78 is 6.23. The van der Waals surface area contributed by atoms with Crippen molar-refractivity contribution in [3.63, 3.8) is 0 Å². The van der Waals surface area contributed by atoms with E-state index < -0.39 is 0 Å². The number of benzene rings is 1. The molecule has 2 heterocycles. The molecule has 118 valence electrons. The molecule has 3 rings (SSSR count). The van der Waals surface area contributed by atoms with Gasteiger partial charge < -0.3 is 15.1 Å². The largest absolute Gasteiger partial charge is 0.467 e. The average Bonchev–Trinajstić information content (AvgIpc) is 3.17. The first-order valence-corrected chi connectivity index (χ1v) is 8.53. The van der Waals surface area contributed by atoms with E-state index >= 15 is 0 Å². The minimum Gasteiger partial charge on any atom is -0.467 e. The van der Waals surface area contributed by atoms with E-state index in [2.05, 4.69) is 31.5 Å². The van der Waals surface area contributed by atoms with Crippen molar-refractivity contribution in [3.05, 3.63) is 63.5 Å². The first kappa shape index (κ1) is 15.8. The molecule has 0 saturated carbocycles. The van der Waals surface area contributed by atoms with Crippen molar-refractivity contribution >= 4 is 44.0 Å². The summed E-state index contributed by atoms with van der Waals surface area (Å²) in [6.45, 7) is 2.36. The summed E-state index contributed by atoms with van der Waals surface area (Å²) in [4.78, 5) is 17.3. The topological polar surface area (TPSA) is 67.2 Å². The molecule has 1 amide bonds. The first-order valence-electron chi connectivity index (χ1n) is 6.92. The number of rotatable bonds is 5. The Morgan fingerprint density at radius 3 is 2.78 bits per heavy atom. The molecule has 0 fully saturated rings. The Balaban J connectivity index is 1.67. The van der Waals surface area contributed by atoms with Gasteiger partial charge in [0.15, 0.2) is 5.13 Å². The number of anilines is 2. The van der Waals surface area contributed by atoms with Gasteiger partial charge in [-0.2, -0.15) is 0 Å². The van der Waals surface area contributed by atoms with Crippen LogP contribution >= 0.6 is 27.3 Å². The molecule has 5 nitrogen and oxygen atoms in total. The molecule has 23 heavy (non-hydrogen) atoms. The summed E-state index contributed by atoms with van der Waals surface area (Å²) in [7, 11) is 0. The van der Waals surface area contributed by atoms with Gasteiger partial charge >= 0.3 is 0 Å². The second kappa shape index (κ2) is 6.97. The van der Waals surface area contributed by atoms with Crippen molar-refractivity contribution in [2.75, 3.05) is 10.6 Å². The van der Waals surface area contributed by atoms with Crippen LogP contribution in [0.5, 0.6) is 0 Å². The Morgan fingerprint density at radius 1 is 1.30 bits per heavy atom. The molecule has 0 aliphatic rings. The number of aromatic nitrogens is 1. The summed E-state index contributed by atoms with van der Waals surface area (Å²) in [6.07, 6.45) is 1.63. The maximum atomic E-state index is 12.4. The van der Waals surface area contributed by atoms with E-state index in [1.807, 2.05) is 43.3 Å². The Labute approximate surface area is 145 Å². The molecular formula is C16H14BrN3O2S. The Morgan fingerprint density at radius 2 is 2.09 bits per heavy atom. The van der Waals surface area contributed by atoms with E-state index in [1.165, 1.54) is 11.3 Å². The summed E-state index contributed by atoms with van der Waals surface area (Å²) >= 11 is 4.70. The van der Waals surface area contributed by atoms with E-state index in [-0.39, 0.29) is 5.91 Å². The Bertz CT molecular complexity index is 797. The highest BCUT2D eigenvalue weighted by molar-refractivity contribution is 9.10. The number of furan rings is 1. The van der Waals surface area contributed by atoms with Gasteiger partial charge in [0.2, 0.25) is 0 Å². The summed E-state index contributed by atoms with van der Waals surface area (Å²) in [5.74, 6) is 0.659. The number of hydrogen-bond donors (Lipinski definition) is 2. The number of nitrogens with zero attached hydrogens (tertiary/aromatic N) is 1. The molecule has 0 saturated heterocycles. The van der Waals surface area contributed by atoms with E-state index in [0.717, 1.165) is 15.9 Å². The van der Waals surface area contributed by atoms with E-state index in [4.69, 9.17) is 4.42 Å². The number of carbonyl (C=O) groups excluding carboxylic acids is 1. The van der Waals surface area contributed by atoms with Gasteiger partial charge in [-0.15, -0.1) is 0 Å². The SMILES string of the molecule is Cc1nc(NCc2ccco2)sc1C(=O)Nc1ccc(Br)cc1. The predicted molar refractivity (Wildman–Crippen MR) is 95.0 cm³/mol. The molecule has 0 spiro atoms. The molecule has 1 aromatic carbocycles. The molecule has 0 unspecified atom stereocenters. The van der Waals surface area contributed by atoms with Crippen molar-refractivity contribution in [1.29, 1.82) is 0 Å². The van der Waals surface area contributed by atoms with Gasteiger partial charge in [-0.05, 0) is 43.3 Å². The Kier molecular flexibility index (Phi) is 4.78. The van der Waals surface area contributed by atoms with E-state index in [1.54, 1.807) is 6.26 Å². The fourth-order valence-corrected chi connectivity index (χ4v) is 3.10. The van der Waals surface area contributed by atoms with Crippen molar-refractivity contribution in [2.24, 2.45) is 0 Å². The number of aryl methyl sites for hydroxylation is 1. The molecule has 7 heteroatoms. The predicted octanol–water partition coefficient (Wildman–Crippen LogP) is 4.67. The molecule has 0 aliphatic carbocycles. The lowest BCUT2D eigenvalue weighted by atomic mass is 10.3. The van der Waals surface area contributed by atoms with Gasteiger partial charge in [0, 0.05) is 10.2 Å². The number of nitrogens with one attached hydrogen (secondary N) is 2. The minimum atomic E-state index is -0.159. The fraction of sp³-hybridized carbons (Fsp3) is 0.125. The zero-order valence-electron chi connectivity index (χ0n) is 12.3. The monoisotopic (exact) mass is 391 g/mol. The molecular weight excluding hydrogens is 378 g/mol. The van der Waals surface area contributed by atoms with Crippen LogP contribution in [0.15, 0.2) is 51.6 Å². The molecule has 2 aromatic heterocycles. The van der Waals surface area contributed by atoms with Crippen molar-refractivity contribution in [3.8, 4) is 0 Å². The van der Waals surface area contributed by atoms with Crippen LogP contribution in [0.2, 0.25) is 0 Å². The number of halogens is 1. The first-order chi connectivity index (χ1) is 11.1. The van der Waals surface area contributed by atoms with Crippen LogP contribution in [0.3, 0.4) is 0 Å². The second-order valence-corrected chi connectivity index (χ2v) is 6.74. The molecule has 3 aromatic rings. The van der Waals surface area contributed by atoms with Crippen LogP contribution < -0.4 is 10.6 Å². The lowest BCUT2D eigenvalue weighted by Crippen LogP contribution is -2.11. The van der Waals surface area contributed by atoms with Crippen molar-refractivity contribution in [2.45, 2.75) is 13.5 Å². The third kappa shape index (κ3) is 4.00. The highest BCUT2D eigenvalue weighted by atomic mass is 79.9. The van der Waals surface area contributed by atoms with Gasteiger partial charge in [0.05, 0.1) is 18.5 Å². The number of hydrogen-bond acceptors (Lipinski definition) is 5. The maximum Gasteiger partial charge on any atom is 0.267 e. The zero-order valence-corrected chi connectivity index (χ0v) is 14.7. The van der Waals surface area contributed by atoms with Gasteiger partial charge in [0.1, 0.15) is 10.6 Å². The van der Waals surface area contributed by atoms with Gasteiger partial charge in [-0.1, -0.05) is 27.3 Å². The number of thiazole rings is 1. The van der Waals surface area contributed by atoms with Crippen LogP contribution in [-0.4, -0.2) is 10.9 Å². The molecule has 0 radical (unpaired) electrons. The summed E-state index contributed by atoms with van der Waals surface area (Å²) in [6, 6.07) is 11.2. The van der Waals surface area contributed by atoms with E-state index in [9.17, 15) is 4.79 Å². The van der Waals surface area contributed by atoms with Crippen LogP contribution in [0.4, 0.5) is 10.8 Å². The molecule has 0 bridgehead atoms. The highest BCUT2D eigenvalue weighted by Gasteiger charge is 2.15. The van der Waals surface area contributed by atoms with Crippen LogP contribution in [0.25, 0.3) is 0 Å². The van der Waals surface area contributed by atoms with Crippen LogP contribution in [0, 0.1) is 6.92 Å². The number of carbonyl (C=O) groups is 1. The van der Waals surface area contributed by atoms with Gasteiger partial charge in [-0.3, -0.25) is 4.79 Å². The smallest absolute Gasteiger partial charge is 0.267 e. The standard InChI is InChI=1S/C16H14BrN3O2S/c1-10-14(15(21)20-12-6-4-11(17)5-7-12)23-16(19-10)18-9-13-3-2-8-22-13/h2-8H,9H2,1H3,(H,18,19)(H,20,21). The van der Waals surface area contributed by atoms with Crippen LogP contribution in [-0.2, 0) is 6.54 Å². The summed E-state index contributed by atoms with van der Waals surface area (Å²) in [5, 5.41) is 6.73. The normalized spacial score (nSPS) is 10.5. The molecule has 0 atom stereocenters. The number of amides is 1. The van der Waals surface area contributed by atoms with E-state index in [0.29, 0.717) is 22.2 Å². The Hall–Kier alpha value is -2.12. The second-order valence-electron chi connectivity index (χ2n) is 4.83. The quantitative estimate of drug-likeness (QED) is 0.662. The maximum absolute atomic E-state index is 12.4. The average molecular weight is 392 g/mol. The third-order valence-electron chi connectivity index (χ3n) is 3.10. The third-order valence-corrected chi connectivity index (χ3v) is 4.74. The van der Waals surface area contributed by atoms with Gasteiger partial charge in [-0.25, -0.2) is 4.98 Å². The van der Waals surface area contributed by atoms with Crippen molar-refractivity contribution < 1.29 is 9.21 Å². The highest BCUT2D eigenvalue weighted by Crippen LogP contribution is 2.24. The lowest BCUT2D eigenvalue weighted by molar-refractivity contribution is 0.103. The zero-order chi connectivity index (χ0) is 16.2. The lowest BCUT2D eigenvalue weighted by Gasteiger charge is -2.03. The molecule has 2 N–H and O–H groups in total. The summed E-state index contributed by atoms with van der Waals surface area (Å²) in [5.41, 5.74) is 1.45. The minimum absolute atomic E-state index is 0.159. The fourth-order valence-electron chi connectivity index (χ4n) is 1.98. The van der Waals surface area contributed by atoms with Gasteiger partial charge in [0.25, 0.3) is 5.91 Å². The van der Waals surface area contributed by atoms with Crippen molar-refractivity contribution in [1.82, 2.24) is 4.98 Å². The van der Waals surface area contributed by atoms with Crippen LogP contribution in [0.1, 0.15) is 21.1 Å². The molecule has 0 aliphatic heterocycles.